The standard InChI is InChI=1S/C14H29NO2/c1-11(2)8-15-9-12-6-7-13(17-12)10-16-14(3,4)5/h11-13,15H,6-10H2,1-5H3. The second kappa shape index (κ2) is 6.72. The van der Waals surface area contributed by atoms with E-state index in [0.717, 1.165) is 32.5 Å². The maximum atomic E-state index is 5.95. The van der Waals surface area contributed by atoms with Crippen LogP contribution in [-0.2, 0) is 9.47 Å². The van der Waals surface area contributed by atoms with Crippen LogP contribution in [0, 0.1) is 5.92 Å². The molecule has 1 rings (SSSR count). The third kappa shape index (κ3) is 7.02. The Morgan fingerprint density at radius 1 is 1.24 bits per heavy atom. The van der Waals surface area contributed by atoms with Gasteiger partial charge < -0.3 is 14.8 Å². The lowest BCUT2D eigenvalue weighted by molar-refractivity contribution is -0.0688. The van der Waals surface area contributed by atoms with E-state index in [1.165, 1.54) is 0 Å². The van der Waals surface area contributed by atoms with E-state index in [1.54, 1.807) is 0 Å². The fourth-order valence-electron chi connectivity index (χ4n) is 1.93. The van der Waals surface area contributed by atoms with E-state index in [-0.39, 0.29) is 5.60 Å². The second-order valence-electron chi connectivity index (χ2n) is 6.43. The van der Waals surface area contributed by atoms with Crippen molar-refractivity contribution < 1.29 is 9.47 Å². The van der Waals surface area contributed by atoms with Gasteiger partial charge in [-0.3, -0.25) is 0 Å². The Kier molecular flexibility index (Phi) is 5.90. The summed E-state index contributed by atoms with van der Waals surface area (Å²) in [7, 11) is 0. The van der Waals surface area contributed by atoms with Crippen molar-refractivity contribution in [1.29, 1.82) is 0 Å². The first-order chi connectivity index (χ1) is 7.87. The summed E-state index contributed by atoms with van der Waals surface area (Å²) in [5.74, 6) is 0.705. The molecule has 1 fully saturated rings. The highest BCUT2D eigenvalue weighted by atomic mass is 16.6. The molecule has 0 aromatic carbocycles. The Balaban J connectivity index is 2.10. The zero-order chi connectivity index (χ0) is 12.9. The van der Waals surface area contributed by atoms with Gasteiger partial charge in [-0.15, -0.1) is 0 Å². The van der Waals surface area contributed by atoms with Gasteiger partial charge in [0.05, 0.1) is 24.4 Å². The minimum Gasteiger partial charge on any atom is -0.373 e. The van der Waals surface area contributed by atoms with Gasteiger partial charge in [0.1, 0.15) is 0 Å². The van der Waals surface area contributed by atoms with Crippen LogP contribution in [-0.4, -0.2) is 37.5 Å². The van der Waals surface area contributed by atoms with Crippen LogP contribution >= 0.6 is 0 Å². The molecule has 0 saturated carbocycles. The van der Waals surface area contributed by atoms with Crippen LogP contribution in [0.2, 0.25) is 0 Å². The van der Waals surface area contributed by atoms with E-state index in [4.69, 9.17) is 9.47 Å². The molecule has 0 aromatic heterocycles. The molecule has 17 heavy (non-hydrogen) atoms. The highest BCUT2D eigenvalue weighted by Crippen LogP contribution is 2.21. The van der Waals surface area contributed by atoms with Gasteiger partial charge in [0.2, 0.25) is 0 Å². The maximum absolute atomic E-state index is 5.95. The number of hydrogen-bond donors (Lipinski definition) is 1. The van der Waals surface area contributed by atoms with Crippen molar-refractivity contribution in [2.45, 2.75) is 65.3 Å². The normalized spacial score (nSPS) is 25.8. The lowest BCUT2D eigenvalue weighted by Gasteiger charge is -2.22. The Morgan fingerprint density at radius 2 is 1.88 bits per heavy atom. The van der Waals surface area contributed by atoms with Gasteiger partial charge in [0.15, 0.2) is 0 Å². The van der Waals surface area contributed by atoms with E-state index in [1.807, 2.05) is 0 Å². The van der Waals surface area contributed by atoms with Gasteiger partial charge in [-0.25, -0.2) is 0 Å². The molecular weight excluding hydrogens is 214 g/mol. The molecule has 3 heteroatoms. The predicted octanol–water partition coefficient (Wildman–Crippen LogP) is 2.59. The molecule has 102 valence electrons. The van der Waals surface area contributed by atoms with Gasteiger partial charge in [-0.1, -0.05) is 13.8 Å². The third-order valence-electron chi connectivity index (χ3n) is 2.82. The molecule has 1 saturated heterocycles. The van der Waals surface area contributed by atoms with Gasteiger partial charge in [-0.2, -0.15) is 0 Å². The number of nitrogens with one attached hydrogen (secondary N) is 1. The van der Waals surface area contributed by atoms with Crippen LogP contribution in [0.15, 0.2) is 0 Å². The molecule has 0 aliphatic carbocycles. The molecule has 0 amide bonds. The number of rotatable bonds is 6. The Labute approximate surface area is 106 Å². The zero-order valence-electron chi connectivity index (χ0n) is 12.1. The largest absolute Gasteiger partial charge is 0.373 e. The van der Waals surface area contributed by atoms with Crippen LogP contribution < -0.4 is 5.32 Å². The summed E-state index contributed by atoms with van der Waals surface area (Å²) in [5.41, 5.74) is -0.0582. The molecule has 1 aliphatic heterocycles. The third-order valence-corrected chi connectivity index (χ3v) is 2.82. The van der Waals surface area contributed by atoms with Gasteiger partial charge in [-0.05, 0) is 46.1 Å². The molecule has 0 radical (unpaired) electrons. The van der Waals surface area contributed by atoms with Crippen LogP contribution in [0.25, 0.3) is 0 Å². The van der Waals surface area contributed by atoms with Crippen molar-refractivity contribution in [3.05, 3.63) is 0 Å². The van der Waals surface area contributed by atoms with Crippen molar-refractivity contribution in [1.82, 2.24) is 5.32 Å². The molecule has 1 N–H and O–H groups in total. The molecule has 2 atom stereocenters. The lowest BCUT2D eigenvalue weighted by atomic mass is 10.1. The number of ether oxygens (including phenoxy) is 2. The second-order valence-corrected chi connectivity index (χ2v) is 6.43. The van der Waals surface area contributed by atoms with E-state index < -0.39 is 0 Å². The number of hydrogen-bond acceptors (Lipinski definition) is 3. The van der Waals surface area contributed by atoms with Crippen LogP contribution in [0.1, 0.15) is 47.5 Å². The van der Waals surface area contributed by atoms with Gasteiger partial charge in [0, 0.05) is 6.54 Å². The van der Waals surface area contributed by atoms with E-state index in [0.29, 0.717) is 18.1 Å². The van der Waals surface area contributed by atoms with E-state index in [9.17, 15) is 0 Å². The quantitative estimate of drug-likeness (QED) is 0.778. The van der Waals surface area contributed by atoms with Crippen LogP contribution in [0.3, 0.4) is 0 Å². The highest BCUT2D eigenvalue weighted by molar-refractivity contribution is 4.76. The minimum absolute atomic E-state index is 0.0582. The average molecular weight is 243 g/mol. The first-order valence-corrected chi connectivity index (χ1v) is 6.87. The lowest BCUT2D eigenvalue weighted by Crippen LogP contribution is -2.31. The molecular formula is C14H29NO2. The fourth-order valence-corrected chi connectivity index (χ4v) is 1.93. The molecule has 0 spiro atoms. The summed E-state index contributed by atoms with van der Waals surface area (Å²) in [6.07, 6.45) is 2.95. The molecule has 3 nitrogen and oxygen atoms in total. The Morgan fingerprint density at radius 3 is 2.47 bits per heavy atom. The smallest absolute Gasteiger partial charge is 0.0814 e. The van der Waals surface area contributed by atoms with Gasteiger partial charge >= 0.3 is 0 Å². The summed E-state index contributed by atoms with van der Waals surface area (Å²) >= 11 is 0. The highest BCUT2D eigenvalue weighted by Gasteiger charge is 2.26. The predicted molar refractivity (Wildman–Crippen MR) is 71.3 cm³/mol. The molecule has 0 aromatic rings. The average Bonchev–Trinajstić information content (AvgIpc) is 2.61. The fraction of sp³-hybridized carbons (Fsp3) is 1.00. The monoisotopic (exact) mass is 243 g/mol. The summed E-state index contributed by atoms with van der Waals surface area (Å²) < 4.78 is 11.7. The Bertz CT molecular complexity index is 211. The SMILES string of the molecule is CC(C)CNCC1CCC(COC(C)(C)C)O1. The van der Waals surface area contributed by atoms with Crippen molar-refractivity contribution in [2.75, 3.05) is 19.7 Å². The molecule has 1 aliphatic rings. The van der Waals surface area contributed by atoms with Crippen molar-refractivity contribution >= 4 is 0 Å². The van der Waals surface area contributed by atoms with Crippen LogP contribution in [0.4, 0.5) is 0 Å². The summed E-state index contributed by atoms with van der Waals surface area (Å²) in [5, 5.41) is 3.45. The van der Waals surface area contributed by atoms with Gasteiger partial charge in [0.25, 0.3) is 0 Å². The maximum Gasteiger partial charge on any atom is 0.0814 e. The van der Waals surface area contributed by atoms with Crippen LogP contribution in [0.5, 0.6) is 0 Å². The summed E-state index contributed by atoms with van der Waals surface area (Å²) in [4.78, 5) is 0. The topological polar surface area (TPSA) is 30.5 Å². The summed E-state index contributed by atoms with van der Waals surface area (Å²) in [6, 6.07) is 0. The Hall–Kier alpha value is -0.120. The summed E-state index contributed by atoms with van der Waals surface area (Å²) in [6.45, 7) is 13.5. The van der Waals surface area contributed by atoms with Crippen molar-refractivity contribution in [2.24, 2.45) is 5.92 Å². The zero-order valence-corrected chi connectivity index (χ0v) is 12.1. The van der Waals surface area contributed by atoms with E-state index >= 15 is 0 Å². The van der Waals surface area contributed by atoms with Crippen molar-refractivity contribution in [3.8, 4) is 0 Å². The van der Waals surface area contributed by atoms with E-state index in [2.05, 4.69) is 39.9 Å². The minimum atomic E-state index is -0.0582. The molecule has 2 unspecified atom stereocenters. The first kappa shape index (κ1) is 14.9. The van der Waals surface area contributed by atoms with Crippen molar-refractivity contribution in [3.63, 3.8) is 0 Å². The molecule has 0 bridgehead atoms. The first-order valence-electron chi connectivity index (χ1n) is 6.87. The molecule has 1 heterocycles.